The second kappa shape index (κ2) is 8.26. The number of hydrogen-bond acceptors (Lipinski definition) is 4. The summed E-state index contributed by atoms with van der Waals surface area (Å²) in [5, 5.41) is 17.2. The predicted molar refractivity (Wildman–Crippen MR) is 102 cm³/mol. The van der Waals surface area contributed by atoms with Crippen LogP contribution in [0.4, 0.5) is 22.7 Å². The van der Waals surface area contributed by atoms with Gasteiger partial charge in [-0.05, 0) is 54.9 Å². The van der Waals surface area contributed by atoms with Crippen molar-refractivity contribution in [3.63, 3.8) is 0 Å². The molecule has 0 fully saturated rings. The Morgan fingerprint density at radius 1 is 1.17 bits per heavy atom. The van der Waals surface area contributed by atoms with E-state index in [1.165, 1.54) is 30.5 Å². The van der Waals surface area contributed by atoms with Crippen molar-refractivity contribution in [2.75, 3.05) is 16.4 Å². The number of nitrogens with zero attached hydrogens (tertiary/aromatic N) is 1. The molecular formula is C17H20N4O2S. The van der Waals surface area contributed by atoms with Gasteiger partial charge in [0.15, 0.2) is 5.11 Å². The lowest BCUT2D eigenvalue weighted by Crippen LogP contribution is -2.19. The lowest BCUT2D eigenvalue weighted by Gasteiger charge is -2.11. The molecule has 0 aliphatic carbocycles. The van der Waals surface area contributed by atoms with E-state index in [4.69, 9.17) is 18.0 Å². The van der Waals surface area contributed by atoms with E-state index in [2.05, 4.69) is 29.7 Å². The maximum Gasteiger partial charge on any atom is 0.294 e. The van der Waals surface area contributed by atoms with E-state index < -0.39 is 4.92 Å². The average Bonchev–Trinajstić information content (AvgIpc) is 2.55. The number of hydrogen-bond donors (Lipinski definition) is 3. The molecule has 2 aromatic carbocycles. The average molecular weight is 344 g/mol. The van der Waals surface area contributed by atoms with Crippen molar-refractivity contribution in [1.29, 1.82) is 0 Å². The predicted octanol–water partition coefficient (Wildman–Crippen LogP) is 4.33. The number of nitro groups is 1. The summed E-state index contributed by atoms with van der Waals surface area (Å²) in [6, 6.07) is 12.5. The van der Waals surface area contributed by atoms with E-state index in [0.29, 0.717) is 10.8 Å². The number of benzene rings is 2. The summed E-state index contributed by atoms with van der Waals surface area (Å²) >= 11 is 5.24. The Labute approximate surface area is 146 Å². The van der Waals surface area contributed by atoms with Gasteiger partial charge in [-0.15, -0.1) is 0 Å². The molecule has 2 aromatic rings. The third-order valence-corrected chi connectivity index (χ3v) is 3.72. The number of aryl methyl sites for hydroxylation is 1. The highest BCUT2D eigenvalue weighted by Crippen LogP contribution is 2.25. The van der Waals surface area contributed by atoms with Gasteiger partial charge in [0.2, 0.25) is 0 Å². The van der Waals surface area contributed by atoms with Crippen LogP contribution in [-0.4, -0.2) is 10.0 Å². The molecule has 0 aromatic heterocycles. The second-order valence-electron chi connectivity index (χ2n) is 5.41. The summed E-state index contributed by atoms with van der Waals surface area (Å²) in [5.41, 5.74) is 8.20. The zero-order valence-electron chi connectivity index (χ0n) is 13.4. The molecule has 0 saturated carbocycles. The molecule has 0 saturated heterocycles. The van der Waals surface area contributed by atoms with Crippen LogP contribution in [0.2, 0.25) is 0 Å². The first-order chi connectivity index (χ1) is 11.5. The van der Waals surface area contributed by atoms with Gasteiger partial charge in [-0.25, -0.2) is 0 Å². The van der Waals surface area contributed by atoms with Gasteiger partial charge >= 0.3 is 0 Å². The van der Waals surface area contributed by atoms with E-state index in [1.807, 2.05) is 12.1 Å². The lowest BCUT2D eigenvalue weighted by atomic mass is 10.1. The Morgan fingerprint density at radius 2 is 1.79 bits per heavy atom. The number of nitrogen functional groups attached to an aromatic ring is 1. The van der Waals surface area contributed by atoms with Crippen LogP contribution in [0.1, 0.15) is 25.3 Å². The van der Waals surface area contributed by atoms with E-state index in [0.717, 1.165) is 12.1 Å². The number of nitrogens with two attached hydrogens (primary N) is 1. The number of nitro benzene ring substituents is 1. The van der Waals surface area contributed by atoms with Gasteiger partial charge in [-0.1, -0.05) is 25.5 Å². The van der Waals surface area contributed by atoms with Crippen LogP contribution < -0.4 is 16.4 Å². The smallest absolute Gasteiger partial charge is 0.294 e. The summed E-state index contributed by atoms with van der Waals surface area (Å²) in [4.78, 5) is 10.4. The Balaban J connectivity index is 1.98. The van der Waals surface area contributed by atoms with Gasteiger partial charge in [0.05, 0.1) is 4.92 Å². The molecule has 0 aliphatic heterocycles. The molecule has 0 amide bonds. The zero-order valence-corrected chi connectivity index (χ0v) is 14.2. The topological polar surface area (TPSA) is 93.2 Å². The molecule has 6 nitrogen and oxygen atoms in total. The molecule has 2 rings (SSSR count). The highest BCUT2D eigenvalue weighted by Gasteiger charge is 2.12. The van der Waals surface area contributed by atoms with Gasteiger partial charge in [0.25, 0.3) is 5.69 Å². The van der Waals surface area contributed by atoms with Crippen molar-refractivity contribution in [1.82, 2.24) is 0 Å². The fraction of sp³-hybridized carbons (Fsp3) is 0.235. The standard InChI is InChI=1S/C17H20N4O2S/c1-2-3-4-12-5-7-13(8-6-12)19-17(24)20-14-9-10-15(18)16(11-14)21(22)23/h5-11H,2-4,18H2,1H3,(H2,19,20,24). The van der Waals surface area contributed by atoms with Crippen LogP contribution >= 0.6 is 12.2 Å². The van der Waals surface area contributed by atoms with Crippen LogP contribution in [0, 0.1) is 10.1 Å². The summed E-state index contributed by atoms with van der Waals surface area (Å²) < 4.78 is 0. The molecular weight excluding hydrogens is 324 g/mol. The number of anilines is 3. The van der Waals surface area contributed by atoms with E-state index in [9.17, 15) is 10.1 Å². The van der Waals surface area contributed by atoms with Crippen LogP contribution in [0.5, 0.6) is 0 Å². The summed E-state index contributed by atoms with van der Waals surface area (Å²) in [7, 11) is 0. The minimum absolute atomic E-state index is 0.118. The number of nitrogens with one attached hydrogen (secondary N) is 2. The summed E-state index contributed by atoms with van der Waals surface area (Å²) in [5.74, 6) is 0. The molecule has 0 radical (unpaired) electrons. The van der Waals surface area contributed by atoms with Crippen LogP contribution in [0.25, 0.3) is 0 Å². The number of thiocarbonyl (C=S) groups is 1. The number of rotatable bonds is 6. The quantitative estimate of drug-likeness (QED) is 0.313. The highest BCUT2D eigenvalue weighted by atomic mass is 32.1. The lowest BCUT2D eigenvalue weighted by molar-refractivity contribution is -0.383. The normalized spacial score (nSPS) is 10.2. The zero-order chi connectivity index (χ0) is 17.5. The van der Waals surface area contributed by atoms with Crippen molar-refractivity contribution in [2.24, 2.45) is 0 Å². The van der Waals surface area contributed by atoms with Crippen molar-refractivity contribution in [3.05, 3.63) is 58.1 Å². The molecule has 7 heteroatoms. The summed E-state index contributed by atoms with van der Waals surface area (Å²) in [6.45, 7) is 2.17. The minimum Gasteiger partial charge on any atom is -0.393 e. The molecule has 126 valence electrons. The van der Waals surface area contributed by atoms with Crippen LogP contribution in [0.15, 0.2) is 42.5 Å². The van der Waals surface area contributed by atoms with Gasteiger partial charge in [-0.2, -0.15) is 0 Å². The monoisotopic (exact) mass is 344 g/mol. The maximum absolute atomic E-state index is 10.9. The molecule has 0 aliphatic rings. The maximum atomic E-state index is 10.9. The Kier molecular flexibility index (Phi) is 6.08. The van der Waals surface area contributed by atoms with Crippen molar-refractivity contribution in [3.8, 4) is 0 Å². The van der Waals surface area contributed by atoms with E-state index >= 15 is 0 Å². The molecule has 24 heavy (non-hydrogen) atoms. The Morgan fingerprint density at radius 3 is 2.42 bits per heavy atom. The minimum atomic E-state index is -0.522. The number of unbranched alkanes of at least 4 members (excludes halogenated alkanes) is 1. The van der Waals surface area contributed by atoms with Crippen LogP contribution in [0.3, 0.4) is 0 Å². The first-order valence-corrected chi connectivity index (χ1v) is 8.11. The highest BCUT2D eigenvalue weighted by molar-refractivity contribution is 7.80. The first kappa shape index (κ1) is 17.7. The largest absolute Gasteiger partial charge is 0.393 e. The fourth-order valence-electron chi connectivity index (χ4n) is 2.21. The molecule has 0 unspecified atom stereocenters. The SMILES string of the molecule is CCCCc1ccc(NC(=S)Nc2ccc(N)c([N+](=O)[O-])c2)cc1. The third kappa shape index (κ3) is 4.92. The molecule has 4 N–H and O–H groups in total. The summed E-state index contributed by atoms with van der Waals surface area (Å²) in [6.07, 6.45) is 3.40. The van der Waals surface area contributed by atoms with Crippen molar-refractivity contribution < 1.29 is 4.92 Å². The fourth-order valence-corrected chi connectivity index (χ4v) is 2.44. The van der Waals surface area contributed by atoms with Gasteiger partial charge in [0, 0.05) is 17.4 Å². The Hall–Kier alpha value is -2.67. The molecule has 0 heterocycles. The van der Waals surface area contributed by atoms with Gasteiger partial charge in [-0.3, -0.25) is 10.1 Å². The first-order valence-electron chi connectivity index (χ1n) is 7.70. The molecule has 0 bridgehead atoms. The van der Waals surface area contributed by atoms with Crippen molar-refractivity contribution >= 4 is 40.1 Å². The van der Waals surface area contributed by atoms with Gasteiger partial charge in [0.1, 0.15) is 5.69 Å². The molecule has 0 spiro atoms. The Bertz CT molecular complexity index is 732. The van der Waals surface area contributed by atoms with E-state index in [-0.39, 0.29) is 11.4 Å². The third-order valence-electron chi connectivity index (χ3n) is 3.52. The van der Waals surface area contributed by atoms with E-state index in [1.54, 1.807) is 6.07 Å². The molecule has 0 atom stereocenters. The van der Waals surface area contributed by atoms with Crippen molar-refractivity contribution in [2.45, 2.75) is 26.2 Å². The van der Waals surface area contributed by atoms with Crippen LogP contribution in [-0.2, 0) is 6.42 Å². The van der Waals surface area contributed by atoms with Gasteiger partial charge < -0.3 is 16.4 Å². The second-order valence-corrected chi connectivity index (χ2v) is 5.82.